The molecule has 0 aromatic rings. The van der Waals surface area contributed by atoms with Crippen LogP contribution in [0.1, 0.15) is 33.1 Å². The maximum absolute atomic E-state index is 11.9. The molecule has 0 atom stereocenters. The number of carbonyl (C=O) groups excluding carboxylic acids is 3. The third-order valence-corrected chi connectivity index (χ3v) is 2.88. The highest BCUT2D eigenvalue weighted by Crippen LogP contribution is 2.26. The second kappa shape index (κ2) is 7.73. The minimum Gasteiger partial charge on any atom is -0.368 e. The maximum atomic E-state index is 11.9. The summed E-state index contributed by atoms with van der Waals surface area (Å²) in [5.74, 6) is -1.64. The number of hydrogen-bond acceptors (Lipinski definition) is 4. The van der Waals surface area contributed by atoms with Crippen molar-refractivity contribution in [2.24, 2.45) is 22.6 Å². The van der Waals surface area contributed by atoms with Crippen LogP contribution in [0.3, 0.4) is 0 Å². The Balaban J connectivity index is 4.47. The number of carbonyl (C=O) groups is 3. The average Bonchev–Trinajstić information content (AvgIpc) is 2.23. The first-order valence-electron chi connectivity index (χ1n) is 6.22. The molecule has 0 unspecified atom stereocenters. The van der Waals surface area contributed by atoms with Gasteiger partial charge in [0.2, 0.25) is 17.7 Å². The minimum absolute atomic E-state index is 0.0600. The maximum Gasteiger partial charge on any atom is 0.237 e. The van der Waals surface area contributed by atoms with Crippen LogP contribution in [0.25, 0.3) is 0 Å². The summed E-state index contributed by atoms with van der Waals surface area (Å²) >= 11 is 0. The molecule has 0 bridgehead atoms. The molecule has 0 saturated heterocycles. The van der Waals surface area contributed by atoms with Gasteiger partial charge in [0.05, 0.1) is 13.1 Å². The zero-order valence-electron chi connectivity index (χ0n) is 11.6. The van der Waals surface area contributed by atoms with Crippen LogP contribution in [0, 0.1) is 5.41 Å². The van der Waals surface area contributed by atoms with Crippen molar-refractivity contribution in [1.29, 1.82) is 0 Å². The van der Waals surface area contributed by atoms with Crippen molar-refractivity contribution in [3.63, 3.8) is 0 Å². The molecule has 0 rings (SSSR count). The molecule has 0 fully saturated rings. The number of primary amides is 2. The van der Waals surface area contributed by atoms with Crippen LogP contribution in [0.15, 0.2) is 0 Å². The number of hydrogen-bond donors (Lipinski definition) is 3. The van der Waals surface area contributed by atoms with Crippen molar-refractivity contribution >= 4 is 17.7 Å². The van der Waals surface area contributed by atoms with Gasteiger partial charge in [0.1, 0.15) is 0 Å². The Bertz CT molecular complexity index is 326. The summed E-state index contributed by atoms with van der Waals surface area (Å²) in [6.45, 7) is 3.99. The van der Waals surface area contributed by atoms with E-state index in [1.165, 1.54) is 0 Å². The standard InChI is InChI=1S/C12H24N4O3/c1-12(2,5-6-13)4-3-11(19)16(7-9(14)17)8-10(15)18/h3-8,13H2,1-2H3,(H2,14,17)(H2,15,18). The van der Waals surface area contributed by atoms with E-state index in [1.807, 2.05) is 13.8 Å². The van der Waals surface area contributed by atoms with Crippen LogP contribution in [0.5, 0.6) is 0 Å². The Labute approximate surface area is 113 Å². The van der Waals surface area contributed by atoms with Crippen LogP contribution in [0.2, 0.25) is 0 Å². The SMILES string of the molecule is CC(C)(CCN)CCC(=O)N(CC(N)=O)CC(N)=O. The number of rotatable bonds is 9. The van der Waals surface area contributed by atoms with Gasteiger partial charge in [-0.15, -0.1) is 0 Å². The Morgan fingerprint density at radius 2 is 1.47 bits per heavy atom. The lowest BCUT2D eigenvalue weighted by atomic mass is 9.84. The zero-order chi connectivity index (χ0) is 15.1. The number of nitrogens with two attached hydrogens (primary N) is 3. The molecule has 7 nitrogen and oxygen atoms in total. The lowest BCUT2D eigenvalue weighted by molar-refractivity contribution is -0.138. The van der Waals surface area contributed by atoms with E-state index in [0.29, 0.717) is 13.0 Å². The average molecular weight is 272 g/mol. The van der Waals surface area contributed by atoms with Crippen molar-refractivity contribution in [1.82, 2.24) is 4.90 Å². The molecule has 0 aliphatic carbocycles. The summed E-state index contributed by atoms with van der Waals surface area (Å²) in [7, 11) is 0. The fourth-order valence-corrected chi connectivity index (χ4v) is 1.73. The molecule has 19 heavy (non-hydrogen) atoms. The summed E-state index contributed by atoms with van der Waals surface area (Å²) in [4.78, 5) is 34.7. The third kappa shape index (κ3) is 8.15. The fraction of sp³-hybridized carbons (Fsp3) is 0.750. The van der Waals surface area contributed by atoms with E-state index in [0.717, 1.165) is 11.3 Å². The van der Waals surface area contributed by atoms with Gasteiger partial charge < -0.3 is 22.1 Å². The number of amides is 3. The Hall–Kier alpha value is -1.63. The molecule has 0 aromatic carbocycles. The molecule has 0 spiro atoms. The highest BCUT2D eigenvalue weighted by Gasteiger charge is 2.22. The van der Waals surface area contributed by atoms with Gasteiger partial charge in [0.25, 0.3) is 0 Å². The summed E-state index contributed by atoms with van der Waals surface area (Å²) in [6, 6.07) is 0. The van der Waals surface area contributed by atoms with Crippen molar-refractivity contribution in [2.75, 3.05) is 19.6 Å². The van der Waals surface area contributed by atoms with E-state index in [1.54, 1.807) is 0 Å². The molecule has 0 saturated carbocycles. The monoisotopic (exact) mass is 272 g/mol. The van der Waals surface area contributed by atoms with Gasteiger partial charge in [-0.25, -0.2) is 0 Å². The van der Waals surface area contributed by atoms with Gasteiger partial charge in [-0.3, -0.25) is 14.4 Å². The van der Waals surface area contributed by atoms with Crippen LogP contribution >= 0.6 is 0 Å². The molecule has 7 heteroatoms. The van der Waals surface area contributed by atoms with Gasteiger partial charge in [-0.05, 0) is 24.8 Å². The summed E-state index contributed by atoms with van der Waals surface area (Å²) in [6.07, 6.45) is 1.65. The Morgan fingerprint density at radius 1 is 1.00 bits per heavy atom. The zero-order valence-corrected chi connectivity index (χ0v) is 11.6. The predicted molar refractivity (Wildman–Crippen MR) is 71.7 cm³/mol. The molecule has 0 radical (unpaired) electrons. The lowest BCUT2D eigenvalue weighted by Crippen LogP contribution is -2.43. The molecule has 0 aliphatic heterocycles. The quantitative estimate of drug-likeness (QED) is 0.493. The molecule has 0 heterocycles. The Morgan fingerprint density at radius 3 is 1.84 bits per heavy atom. The van der Waals surface area contributed by atoms with Crippen LogP contribution in [-0.2, 0) is 14.4 Å². The van der Waals surface area contributed by atoms with E-state index < -0.39 is 11.8 Å². The third-order valence-electron chi connectivity index (χ3n) is 2.88. The topological polar surface area (TPSA) is 133 Å². The van der Waals surface area contributed by atoms with Crippen LogP contribution in [0.4, 0.5) is 0 Å². The Kier molecular flexibility index (Phi) is 7.06. The second-order valence-electron chi connectivity index (χ2n) is 5.39. The predicted octanol–water partition coefficient (Wildman–Crippen LogP) is -1.06. The molecule has 110 valence electrons. The molecule has 3 amide bonds. The summed E-state index contributed by atoms with van der Waals surface area (Å²) in [5.41, 5.74) is 15.5. The first-order chi connectivity index (χ1) is 8.68. The fourth-order valence-electron chi connectivity index (χ4n) is 1.73. The van der Waals surface area contributed by atoms with Gasteiger partial charge in [0.15, 0.2) is 0 Å². The molecular weight excluding hydrogens is 248 g/mol. The lowest BCUT2D eigenvalue weighted by Gasteiger charge is -2.25. The summed E-state index contributed by atoms with van der Waals surface area (Å²) in [5, 5.41) is 0. The normalized spacial score (nSPS) is 11.1. The van der Waals surface area contributed by atoms with Gasteiger partial charge in [0, 0.05) is 6.42 Å². The largest absolute Gasteiger partial charge is 0.368 e. The first kappa shape index (κ1) is 17.4. The minimum atomic E-state index is -0.671. The van der Waals surface area contributed by atoms with Gasteiger partial charge in [-0.2, -0.15) is 0 Å². The molecular formula is C12H24N4O3. The van der Waals surface area contributed by atoms with Crippen molar-refractivity contribution in [3.8, 4) is 0 Å². The molecule has 6 N–H and O–H groups in total. The highest BCUT2D eigenvalue weighted by molar-refractivity contribution is 5.88. The van der Waals surface area contributed by atoms with Crippen LogP contribution < -0.4 is 17.2 Å². The van der Waals surface area contributed by atoms with E-state index in [9.17, 15) is 14.4 Å². The van der Waals surface area contributed by atoms with Gasteiger partial charge in [-0.1, -0.05) is 13.8 Å². The number of nitrogens with zero attached hydrogens (tertiary/aromatic N) is 1. The second-order valence-corrected chi connectivity index (χ2v) is 5.39. The van der Waals surface area contributed by atoms with Crippen molar-refractivity contribution in [3.05, 3.63) is 0 Å². The van der Waals surface area contributed by atoms with E-state index in [4.69, 9.17) is 17.2 Å². The molecule has 0 aliphatic rings. The first-order valence-corrected chi connectivity index (χ1v) is 6.22. The van der Waals surface area contributed by atoms with Crippen molar-refractivity contribution in [2.45, 2.75) is 33.1 Å². The van der Waals surface area contributed by atoms with E-state index in [-0.39, 0.29) is 30.8 Å². The van der Waals surface area contributed by atoms with Crippen molar-refractivity contribution < 1.29 is 14.4 Å². The highest BCUT2D eigenvalue weighted by atomic mass is 16.2. The smallest absolute Gasteiger partial charge is 0.237 e. The van der Waals surface area contributed by atoms with Gasteiger partial charge >= 0.3 is 0 Å². The van der Waals surface area contributed by atoms with E-state index >= 15 is 0 Å². The molecule has 0 aromatic heterocycles. The summed E-state index contributed by atoms with van der Waals surface area (Å²) < 4.78 is 0. The van der Waals surface area contributed by atoms with Crippen LogP contribution in [-0.4, -0.2) is 42.3 Å². The van der Waals surface area contributed by atoms with E-state index in [2.05, 4.69) is 0 Å².